The molecule has 0 unspecified atom stereocenters. The molecule has 0 saturated carbocycles. The van der Waals surface area contributed by atoms with E-state index in [1.165, 1.54) is 5.56 Å². The van der Waals surface area contributed by atoms with Gasteiger partial charge in [0.25, 0.3) is 0 Å². The number of rotatable bonds is 10. The zero-order valence-electron chi connectivity index (χ0n) is 17.5. The molecule has 3 heteroatoms. The van der Waals surface area contributed by atoms with Gasteiger partial charge in [-0.25, -0.2) is 0 Å². The molecule has 152 valence electrons. The van der Waals surface area contributed by atoms with Crippen LogP contribution in [0.15, 0.2) is 91.0 Å². The molecule has 0 fully saturated rings. The maximum absolute atomic E-state index is 11.6. The van der Waals surface area contributed by atoms with Gasteiger partial charge in [-0.3, -0.25) is 0 Å². The minimum absolute atomic E-state index is 0.653. The molecule has 0 aliphatic heterocycles. The summed E-state index contributed by atoms with van der Waals surface area (Å²) in [6.07, 6.45) is 0.653. The van der Waals surface area contributed by atoms with Crippen LogP contribution in [0.5, 0.6) is 0 Å². The molecule has 3 aromatic carbocycles. The molecule has 0 bridgehead atoms. The van der Waals surface area contributed by atoms with E-state index in [9.17, 15) is 5.11 Å². The Hall–Kier alpha value is -2.46. The molecule has 29 heavy (non-hydrogen) atoms. The lowest BCUT2D eigenvalue weighted by molar-refractivity contribution is 0.0595. The smallest absolute Gasteiger partial charge is 0.116 e. The van der Waals surface area contributed by atoms with Crippen LogP contribution in [0, 0.1) is 0 Å². The van der Waals surface area contributed by atoms with Crippen LogP contribution in [0.2, 0.25) is 0 Å². The Kier molecular flexibility index (Phi) is 7.59. The normalized spacial score (nSPS) is 11.9. The quantitative estimate of drug-likeness (QED) is 0.558. The van der Waals surface area contributed by atoms with Gasteiger partial charge < -0.3 is 14.9 Å². The maximum atomic E-state index is 11.6. The van der Waals surface area contributed by atoms with Crippen molar-refractivity contribution < 1.29 is 5.11 Å². The molecule has 0 atom stereocenters. The molecule has 0 heterocycles. The number of nitrogens with zero attached hydrogens (tertiary/aromatic N) is 2. The van der Waals surface area contributed by atoms with Crippen LogP contribution in [0.4, 0.5) is 0 Å². The predicted molar refractivity (Wildman–Crippen MR) is 121 cm³/mol. The van der Waals surface area contributed by atoms with Crippen LogP contribution in [-0.2, 0) is 12.1 Å². The van der Waals surface area contributed by atoms with Crippen molar-refractivity contribution in [2.75, 3.05) is 33.7 Å². The molecule has 0 radical (unpaired) electrons. The van der Waals surface area contributed by atoms with Crippen molar-refractivity contribution in [3.05, 3.63) is 108 Å². The molecule has 3 nitrogen and oxygen atoms in total. The highest BCUT2D eigenvalue weighted by Gasteiger charge is 2.31. The second-order valence-electron chi connectivity index (χ2n) is 7.87. The zero-order chi connectivity index (χ0) is 20.5. The summed E-state index contributed by atoms with van der Waals surface area (Å²) in [5.74, 6) is 0. The number of hydrogen-bond acceptors (Lipinski definition) is 3. The van der Waals surface area contributed by atoms with Gasteiger partial charge in [0.05, 0.1) is 0 Å². The number of likely N-dealkylation sites (N-methyl/N-ethyl adjacent to an activating group) is 2. The molecule has 0 aliphatic rings. The SMILES string of the molecule is CN(CCN(C)Cc1ccccc1)CCC(O)(c1ccccc1)c1ccccc1. The highest BCUT2D eigenvalue weighted by molar-refractivity contribution is 5.35. The minimum atomic E-state index is -0.979. The van der Waals surface area contributed by atoms with Crippen molar-refractivity contribution in [3.8, 4) is 0 Å². The number of benzene rings is 3. The van der Waals surface area contributed by atoms with Crippen LogP contribution < -0.4 is 0 Å². The summed E-state index contributed by atoms with van der Waals surface area (Å²) < 4.78 is 0. The van der Waals surface area contributed by atoms with Crippen molar-refractivity contribution in [1.82, 2.24) is 9.80 Å². The van der Waals surface area contributed by atoms with E-state index in [2.05, 4.69) is 54.2 Å². The molecular weight excluding hydrogens is 356 g/mol. The molecular formula is C26H32N2O. The predicted octanol–water partition coefficient (Wildman–Crippen LogP) is 4.38. The summed E-state index contributed by atoms with van der Waals surface area (Å²) in [7, 11) is 4.29. The van der Waals surface area contributed by atoms with Gasteiger partial charge in [0.15, 0.2) is 0 Å². The molecule has 1 N–H and O–H groups in total. The number of aliphatic hydroxyl groups is 1. The topological polar surface area (TPSA) is 26.7 Å². The first-order valence-electron chi connectivity index (χ1n) is 10.3. The lowest BCUT2D eigenvalue weighted by Gasteiger charge is -2.32. The fourth-order valence-electron chi connectivity index (χ4n) is 3.66. The monoisotopic (exact) mass is 388 g/mol. The van der Waals surface area contributed by atoms with E-state index < -0.39 is 5.60 Å². The third-order valence-electron chi connectivity index (χ3n) is 5.52. The van der Waals surface area contributed by atoms with Gasteiger partial charge in [-0.15, -0.1) is 0 Å². The van der Waals surface area contributed by atoms with E-state index in [1.54, 1.807) is 0 Å². The third-order valence-corrected chi connectivity index (χ3v) is 5.52. The van der Waals surface area contributed by atoms with Crippen LogP contribution >= 0.6 is 0 Å². The second kappa shape index (κ2) is 10.4. The Morgan fingerprint density at radius 1 is 0.621 bits per heavy atom. The van der Waals surface area contributed by atoms with E-state index in [0.29, 0.717) is 6.42 Å². The Balaban J connectivity index is 1.58. The Bertz CT molecular complexity index is 797. The molecule has 3 rings (SSSR count). The molecule has 0 aromatic heterocycles. The van der Waals surface area contributed by atoms with Gasteiger partial charge in [0.1, 0.15) is 5.60 Å². The first kappa shape index (κ1) is 21.3. The van der Waals surface area contributed by atoms with Crippen molar-refractivity contribution in [2.24, 2.45) is 0 Å². The van der Waals surface area contributed by atoms with Gasteiger partial charge in [0, 0.05) is 26.2 Å². The first-order valence-corrected chi connectivity index (χ1v) is 10.3. The van der Waals surface area contributed by atoms with Gasteiger partial charge >= 0.3 is 0 Å². The standard InChI is InChI=1S/C26H32N2O/c1-27(20-21-28(2)22-23-12-6-3-7-13-23)19-18-26(29,24-14-8-4-9-15-24)25-16-10-5-11-17-25/h3-17,29H,18-22H2,1-2H3. The molecule has 0 aliphatic carbocycles. The second-order valence-corrected chi connectivity index (χ2v) is 7.87. The maximum Gasteiger partial charge on any atom is 0.116 e. The van der Waals surface area contributed by atoms with Crippen LogP contribution in [-0.4, -0.2) is 48.6 Å². The summed E-state index contributed by atoms with van der Waals surface area (Å²) in [5.41, 5.74) is 2.24. The van der Waals surface area contributed by atoms with E-state index >= 15 is 0 Å². The number of hydrogen-bond donors (Lipinski definition) is 1. The summed E-state index contributed by atoms with van der Waals surface area (Å²) in [6.45, 7) is 3.72. The largest absolute Gasteiger partial charge is 0.380 e. The van der Waals surface area contributed by atoms with Crippen molar-refractivity contribution in [3.63, 3.8) is 0 Å². The van der Waals surface area contributed by atoms with E-state index in [-0.39, 0.29) is 0 Å². The van der Waals surface area contributed by atoms with Crippen molar-refractivity contribution >= 4 is 0 Å². The summed E-state index contributed by atoms with van der Waals surface area (Å²) in [4.78, 5) is 4.64. The molecule has 0 spiro atoms. The highest BCUT2D eigenvalue weighted by Crippen LogP contribution is 2.32. The summed E-state index contributed by atoms with van der Waals surface area (Å²) >= 11 is 0. The van der Waals surface area contributed by atoms with Crippen LogP contribution in [0.25, 0.3) is 0 Å². The fraction of sp³-hybridized carbons (Fsp3) is 0.308. The van der Waals surface area contributed by atoms with Crippen molar-refractivity contribution in [2.45, 2.75) is 18.6 Å². The molecule has 3 aromatic rings. The lowest BCUT2D eigenvalue weighted by Crippen LogP contribution is -2.36. The van der Waals surface area contributed by atoms with E-state index in [1.807, 2.05) is 60.7 Å². The third kappa shape index (κ3) is 6.01. The zero-order valence-corrected chi connectivity index (χ0v) is 17.5. The average Bonchev–Trinajstić information content (AvgIpc) is 2.78. The van der Waals surface area contributed by atoms with Gasteiger partial charge in [-0.1, -0.05) is 91.0 Å². The van der Waals surface area contributed by atoms with Crippen LogP contribution in [0.3, 0.4) is 0 Å². The Morgan fingerprint density at radius 2 is 1.07 bits per heavy atom. The lowest BCUT2D eigenvalue weighted by atomic mass is 9.83. The van der Waals surface area contributed by atoms with Gasteiger partial charge in [-0.05, 0) is 37.2 Å². The molecule has 0 amide bonds. The van der Waals surface area contributed by atoms with Crippen LogP contribution in [0.1, 0.15) is 23.1 Å². The fourth-order valence-corrected chi connectivity index (χ4v) is 3.66. The summed E-state index contributed by atoms with van der Waals surface area (Å²) in [5, 5.41) is 11.6. The van der Waals surface area contributed by atoms with E-state index in [4.69, 9.17) is 0 Å². The highest BCUT2D eigenvalue weighted by atomic mass is 16.3. The minimum Gasteiger partial charge on any atom is -0.380 e. The Labute approximate surface area is 175 Å². The molecule has 0 saturated heterocycles. The summed E-state index contributed by atoms with van der Waals surface area (Å²) in [6, 6.07) is 30.6. The van der Waals surface area contributed by atoms with Gasteiger partial charge in [-0.2, -0.15) is 0 Å². The van der Waals surface area contributed by atoms with E-state index in [0.717, 1.165) is 37.3 Å². The Morgan fingerprint density at radius 3 is 1.59 bits per heavy atom. The van der Waals surface area contributed by atoms with Crippen molar-refractivity contribution in [1.29, 1.82) is 0 Å². The van der Waals surface area contributed by atoms with Gasteiger partial charge in [0.2, 0.25) is 0 Å². The first-order chi connectivity index (χ1) is 14.1. The average molecular weight is 389 g/mol.